The molecule has 0 saturated heterocycles. The minimum atomic E-state index is -0.950. The highest BCUT2D eigenvalue weighted by atomic mass is 16.5. The average molecular weight is 220 g/mol. The zero-order valence-electron chi connectivity index (χ0n) is 8.88. The molecule has 16 heavy (non-hydrogen) atoms. The average Bonchev–Trinajstić information content (AvgIpc) is 2.65. The van der Waals surface area contributed by atoms with Gasteiger partial charge in [-0.05, 0) is 18.2 Å². The highest BCUT2D eigenvalue weighted by Crippen LogP contribution is 2.17. The second kappa shape index (κ2) is 4.32. The summed E-state index contributed by atoms with van der Waals surface area (Å²) in [5.74, 6) is -0.950. The molecule has 2 aromatic rings. The lowest BCUT2D eigenvalue weighted by molar-refractivity contribution is 0.0683. The monoisotopic (exact) mass is 220 g/mol. The highest BCUT2D eigenvalue weighted by molar-refractivity contribution is 5.93. The molecule has 5 heteroatoms. The number of hydrogen-bond donors (Lipinski definition) is 1. The number of fused-ring (bicyclic) bond motifs is 1. The number of nitrogens with zero attached hydrogens (tertiary/aromatic N) is 2. The fourth-order valence-electron chi connectivity index (χ4n) is 1.69. The van der Waals surface area contributed by atoms with E-state index >= 15 is 0 Å². The second-order valence-electron chi connectivity index (χ2n) is 3.39. The van der Waals surface area contributed by atoms with E-state index in [1.54, 1.807) is 30.0 Å². The largest absolute Gasteiger partial charge is 0.477 e. The van der Waals surface area contributed by atoms with Crippen molar-refractivity contribution in [1.82, 2.24) is 9.55 Å². The number of methoxy groups -OCH3 is 1. The van der Waals surface area contributed by atoms with E-state index in [9.17, 15) is 4.79 Å². The van der Waals surface area contributed by atoms with Crippen molar-refractivity contribution in [3.63, 3.8) is 0 Å². The number of carboxylic acid groups (broad SMARTS) is 1. The van der Waals surface area contributed by atoms with Gasteiger partial charge in [-0.25, -0.2) is 4.79 Å². The van der Waals surface area contributed by atoms with Crippen LogP contribution >= 0.6 is 0 Å². The van der Waals surface area contributed by atoms with Gasteiger partial charge in [0.15, 0.2) is 0 Å². The minimum Gasteiger partial charge on any atom is -0.477 e. The van der Waals surface area contributed by atoms with Gasteiger partial charge in [-0.3, -0.25) is 4.98 Å². The first-order chi connectivity index (χ1) is 7.74. The normalized spacial score (nSPS) is 10.8. The van der Waals surface area contributed by atoms with Gasteiger partial charge >= 0.3 is 5.97 Å². The predicted octanol–water partition coefficient (Wildman–Crippen LogP) is 1.38. The van der Waals surface area contributed by atoms with E-state index in [1.807, 2.05) is 6.07 Å². The molecule has 0 saturated carbocycles. The van der Waals surface area contributed by atoms with Crippen molar-refractivity contribution < 1.29 is 14.6 Å². The topological polar surface area (TPSA) is 64.3 Å². The Morgan fingerprint density at radius 1 is 1.62 bits per heavy atom. The van der Waals surface area contributed by atoms with Gasteiger partial charge in [-0.1, -0.05) is 0 Å². The fraction of sp³-hybridized carbons (Fsp3) is 0.273. The first-order valence-corrected chi connectivity index (χ1v) is 4.90. The maximum absolute atomic E-state index is 11.1. The molecule has 2 heterocycles. The lowest BCUT2D eigenvalue weighted by Gasteiger charge is -2.06. The van der Waals surface area contributed by atoms with E-state index in [4.69, 9.17) is 9.84 Å². The van der Waals surface area contributed by atoms with Crippen molar-refractivity contribution in [1.29, 1.82) is 0 Å². The number of aromatic nitrogens is 2. The van der Waals surface area contributed by atoms with Crippen LogP contribution in [-0.2, 0) is 11.3 Å². The number of carboxylic acids is 1. The van der Waals surface area contributed by atoms with Crippen molar-refractivity contribution in [3.8, 4) is 0 Å². The van der Waals surface area contributed by atoms with Crippen LogP contribution in [0.2, 0.25) is 0 Å². The highest BCUT2D eigenvalue weighted by Gasteiger charge is 2.14. The summed E-state index contributed by atoms with van der Waals surface area (Å²) in [7, 11) is 1.59. The third kappa shape index (κ3) is 1.77. The number of rotatable bonds is 4. The van der Waals surface area contributed by atoms with Crippen LogP contribution in [0.15, 0.2) is 24.4 Å². The van der Waals surface area contributed by atoms with Gasteiger partial charge in [0.25, 0.3) is 0 Å². The fourth-order valence-corrected chi connectivity index (χ4v) is 1.69. The molecule has 0 amide bonds. The van der Waals surface area contributed by atoms with Crippen LogP contribution in [0, 0.1) is 0 Å². The van der Waals surface area contributed by atoms with E-state index in [2.05, 4.69) is 4.98 Å². The van der Waals surface area contributed by atoms with E-state index < -0.39 is 5.97 Å². The van der Waals surface area contributed by atoms with Gasteiger partial charge in [0.2, 0.25) is 0 Å². The summed E-state index contributed by atoms with van der Waals surface area (Å²) in [5.41, 5.74) is 1.75. The third-order valence-corrected chi connectivity index (χ3v) is 2.41. The molecule has 2 rings (SSSR count). The summed E-state index contributed by atoms with van der Waals surface area (Å²) < 4.78 is 6.67. The summed E-state index contributed by atoms with van der Waals surface area (Å²) in [6.45, 7) is 0.978. The molecule has 0 atom stereocenters. The van der Waals surface area contributed by atoms with Crippen molar-refractivity contribution in [2.45, 2.75) is 6.54 Å². The third-order valence-electron chi connectivity index (χ3n) is 2.41. The van der Waals surface area contributed by atoms with Crippen LogP contribution in [0.25, 0.3) is 11.0 Å². The lowest BCUT2D eigenvalue weighted by atomic mass is 10.4. The Balaban J connectivity index is 2.55. The summed E-state index contributed by atoms with van der Waals surface area (Å²) >= 11 is 0. The van der Waals surface area contributed by atoms with E-state index in [0.29, 0.717) is 18.7 Å². The summed E-state index contributed by atoms with van der Waals surface area (Å²) in [4.78, 5) is 15.2. The summed E-state index contributed by atoms with van der Waals surface area (Å²) in [6, 6.07) is 5.22. The Hall–Kier alpha value is -1.88. The van der Waals surface area contributed by atoms with Gasteiger partial charge in [0.05, 0.1) is 17.6 Å². The number of ether oxygens (including phenoxy) is 1. The van der Waals surface area contributed by atoms with Gasteiger partial charge in [0, 0.05) is 19.9 Å². The molecule has 0 aromatic carbocycles. The molecule has 2 aromatic heterocycles. The first-order valence-electron chi connectivity index (χ1n) is 4.90. The number of aromatic carboxylic acids is 1. The zero-order valence-corrected chi connectivity index (χ0v) is 8.88. The predicted molar refractivity (Wildman–Crippen MR) is 58.6 cm³/mol. The van der Waals surface area contributed by atoms with Crippen LogP contribution in [0.3, 0.4) is 0 Å². The van der Waals surface area contributed by atoms with Gasteiger partial charge in [-0.15, -0.1) is 0 Å². The molecule has 0 fully saturated rings. The maximum atomic E-state index is 11.1. The van der Waals surface area contributed by atoms with Crippen molar-refractivity contribution in [3.05, 3.63) is 30.1 Å². The Morgan fingerprint density at radius 2 is 2.44 bits per heavy atom. The number of hydrogen-bond acceptors (Lipinski definition) is 3. The van der Waals surface area contributed by atoms with Crippen LogP contribution in [0.1, 0.15) is 10.5 Å². The molecule has 0 aliphatic rings. The number of pyridine rings is 1. The Morgan fingerprint density at radius 3 is 3.12 bits per heavy atom. The second-order valence-corrected chi connectivity index (χ2v) is 3.39. The molecule has 0 radical (unpaired) electrons. The first kappa shape index (κ1) is 10.6. The van der Waals surface area contributed by atoms with Crippen LogP contribution in [0.4, 0.5) is 0 Å². The van der Waals surface area contributed by atoms with Crippen LogP contribution in [0.5, 0.6) is 0 Å². The molecule has 0 unspecified atom stereocenters. The smallest absolute Gasteiger partial charge is 0.352 e. The molecule has 84 valence electrons. The van der Waals surface area contributed by atoms with Crippen LogP contribution in [-0.4, -0.2) is 34.3 Å². The Bertz CT molecular complexity index is 519. The Labute approximate surface area is 92.3 Å². The van der Waals surface area contributed by atoms with E-state index in [-0.39, 0.29) is 5.69 Å². The SMILES string of the molecule is COCCn1c(C(=O)O)cc2ncccc21. The molecular weight excluding hydrogens is 208 g/mol. The standard InChI is InChI=1S/C11H12N2O3/c1-16-6-5-13-9-3-2-4-12-8(9)7-10(13)11(14)15/h2-4,7H,5-6H2,1H3,(H,14,15). The zero-order chi connectivity index (χ0) is 11.5. The van der Waals surface area contributed by atoms with Gasteiger partial charge in [-0.2, -0.15) is 0 Å². The molecule has 0 aliphatic carbocycles. The van der Waals surface area contributed by atoms with Gasteiger partial charge < -0.3 is 14.4 Å². The maximum Gasteiger partial charge on any atom is 0.352 e. The minimum absolute atomic E-state index is 0.241. The van der Waals surface area contributed by atoms with E-state index in [1.165, 1.54) is 0 Å². The molecular formula is C11H12N2O3. The summed E-state index contributed by atoms with van der Waals surface area (Å²) in [5, 5.41) is 9.08. The number of carbonyl (C=O) groups is 1. The molecule has 0 bridgehead atoms. The quantitative estimate of drug-likeness (QED) is 0.845. The molecule has 0 spiro atoms. The summed E-state index contributed by atoms with van der Waals surface area (Å²) in [6.07, 6.45) is 1.65. The van der Waals surface area contributed by atoms with Crippen molar-refractivity contribution in [2.75, 3.05) is 13.7 Å². The Kier molecular flexibility index (Phi) is 2.87. The molecule has 0 aliphatic heterocycles. The van der Waals surface area contributed by atoms with Gasteiger partial charge in [0.1, 0.15) is 5.69 Å². The lowest BCUT2D eigenvalue weighted by Crippen LogP contribution is -2.11. The van der Waals surface area contributed by atoms with E-state index in [0.717, 1.165) is 5.52 Å². The van der Waals surface area contributed by atoms with Crippen molar-refractivity contribution in [2.24, 2.45) is 0 Å². The molecule has 5 nitrogen and oxygen atoms in total. The van der Waals surface area contributed by atoms with Crippen molar-refractivity contribution >= 4 is 17.0 Å². The molecule has 1 N–H and O–H groups in total. The van der Waals surface area contributed by atoms with Crippen LogP contribution < -0.4 is 0 Å².